The van der Waals surface area contributed by atoms with E-state index in [1.807, 2.05) is 0 Å². The first-order valence-corrected chi connectivity index (χ1v) is 8.33. The minimum atomic E-state index is -0.184. The van der Waals surface area contributed by atoms with Crippen LogP contribution in [0.2, 0.25) is 4.47 Å². The minimum absolute atomic E-state index is 0.0799. The van der Waals surface area contributed by atoms with Gasteiger partial charge in [0.1, 0.15) is 0 Å². The predicted octanol–water partition coefficient (Wildman–Crippen LogP) is 3.53. The summed E-state index contributed by atoms with van der Waals surface area (Å²) in [5.41, 5.74) is 1.48. The van der Waals surface area contributed by atoms with E-state index in [-0.39, 0.29) is 26.9 Å². The Balaban J connectivity index is 2.25. The van der Waals surface area contributed by atoms with Crippen LogP contribution in [0, 0.1) is 0 Å². The Bertz CT molecular complexity index is 285. The number of rotatable bonds is 3. The van der Waals surface area contributed by atoms with Crippen molar-refractivity contribution >= 4 is 21.3 Å². The van der Waals surface area contributed by atoms with Crippen LogP contribution in [-0.2, 0) is 8.70 Å². The average Bonchev–Trinajstić information content (AvgIpc) is 2.32. The summed E-state index contributed by atoms with van der Waals surface area (Å²) in [4.78, 5) is 0. The van der Waals surface area contributed by atoms with E-state index in [1.54, 1.807) is 0 Å². The summed E-state index contributed by atoms with van der Waals surface area (Å²) in [5.74, 6) is 0. The summed E-state index contributed by atoms with van der Waals surface area (Å²) in [6.07, 6.45) is 4.97. The normalized spacial score (nSPS) is 26.5. The summed E-state index contributed by atoms with van der Waals surface area (Å²) < 4.78 is 7.57. The van der Waals surface area contributed by atoms with E-state index in [2.05, 4.69) is 37.3 Å². The van der Waals surface area contributed by atoms with Gasteiger partial charge in [0.25, 0.3) is 0 Å². The first-order valence-electron chi connectivity index (χ1n) is 5.73. The quantitative estimate of drug-likeness (QED) is 0.775. The molecule has 1 nitrogen and oxygen atoms in total. The van der Waals surface area contributed by atoms with Crippen LogP contribution in [0.3, 0.4) is 0 Å². The molecule has 0 radical (unpaired) electrons. The Morgan fingerprint density at radius 1 is 1.33 bits per heavy atom. The van der Waals surface area contributed by atoms with Crippen LogP contribution >= 0.6 is 0 Å². The second-order valence-corrected chi connectivity index (χ2v) is 6.43. The van der Waals surface area contributed by atoms with Gasteiger partial charge in [-0.05, 0) is 0 Å². The second-order valence-electron chi connectivity index (χ2n) is 4.12. The summed E-state index contributed by atoms with van der Waals surface area (Å²) in [7, 11) is 0. The molecule has 0 aliphatic carbocycles. The molecule has 0 saturated carbocycles. The molecule has 1 aliphatic heterocycles. The number of hydrogen-bond acceptors (Lipinski definition) is 1. The molecule has 1 aliphatic rings. The van der Waals surface area contributed by atoms with Gasteiger partial charge in [0.05, 0.1) is 0 Å². The molecule has 1 fully saturated rings. The molecule has 2 heteroatoms. The fraction of sp³-hybridized carbons (Fsp3) is 0.538. The zero-order valence-electron chi connectivity index (χ0n) is 9.24. The van der Waals surface area contributed by atoms with Crippen molar-refractivity contribution in [3.05, 3.63) is 35.9 Å². The van der Waals surface area contributed by atoms with E-state index >= 15 is 0 Å². The Kier molecular flexibility index (Phi) is 4.08. The van der Waals surface area contributed by atoms with Gasteiger partial charge < -0.3 is 0 Å². The summed E-state index contributed by atoms with van der Waals surface area (Å²) >= 11 is -0.184. The fourth-order valence-electron chi connectivity index (χ4n) is 2.26. The first-order chi connectivity index (χ1) is 7.37. The Hall–Kier alpha value is -0.0304. The van der Waals surface area contributed by atoms with Crippen LogP contribution < -0.4 is 0 Å². The number of benzene rings is 1. The van der Waals surface area contributed by atoms with Gasteiger partial charge in [-0.1, -0.05) is 0 Å². The molecule has 0 spiro atoms. The Labute approximate surface area is 103 Å². The van der Waals surface area contributed by atoms with Crippen molar-refractivity contribution in [3.63, 3.8) is 0 Å². The number of hydrogen-bond donors (Lipinski definition) is 0. The first kappa shape index (κ1) is 11.5. The Morgan fingerprint density at radius 3 is 2.73 bits per heavy atom. The van der Waals surface area contributed by atoms with Crippen LogP contribution in [0.25, 0.3) is 0 Å². The van der Waals surface area contributed by atoms with Gasteiger partial charge >= 0.3 is 103 Å². The zero-order valence-corrected chi connectivity index (χ0v) is 11.6. The van der Waals surface area contributed by atoms with Crippen molar-refractivity contribution in [1.82, 2.24) is 0 Å². The molecule has 0 amide bonds. The molecule has 1 aromatic carbocycles. The molecule has 1 aromatic rings. The average molecular weight is 318 g/mol. The van der Waals surface area contributed by atoms with Gasteiger partial charge in [-0.2, -0.15) is 0 Å². The summed E-state index contributed by atoms with van der Waals surface area (Å²) in [6, 6.07) is 10.8. The van der Waals surface area contributed by atoms with E-state index in [1.165, 1.54) is 35.7 Å². The van der Waals surface area contributed by atoms with Crippen LogP contribution in [0.5, 0.6) is 0 Å². The van der Waals surface area contributed by atoms with Gasteiger partial charge in [0.2, 0.25) is 0 Å². The molecule has 1 atom stereocenters. The standard InChI is InChI=1S/C13H18OTe/c1-2-9-13(10-6-11-15-14-13)12-7-4-3-5-8-12/h3-5,7-8H,2,6,9-11H2,1H3. The van der Waals surface area contributed by atoms with E-state index in [4.69, 9.17) is 3.10 Å². The van der Waals surface area contributed by atoms with Crippen molar-refractivity contribution in [3.8, 4) is 0 Å². The topological polar surface area (TPSA) is 9.23 Å². The van der Waals surface area contributed by atoms with Crippen LogP contribution in [-0.4, -0.2) is 21.3 Å². The predicted molar refractivity (Wildman–Crippen MR) is 63.9 cm³/mol. The van der Waals surface area contributed by atoms with Crippen molar-refractivity contribution in [2.45, 2.75) is 42.7 Å². The molecule has 82 valence electrons. The maximum absolute atomic E-state index is 6.22. The monoisotopic (exact) mass is 320 g/mol. The van der Waals surface area contributed by atoms with E-state index in [0.717, 1.165) is 0 Å². The molecular formula is C13H18OTe. The third-order valence-electron chi connectivity index (χ3n) is 2.98. The van der Waals surface area contributed by atoms with Crippen LogP contribution in [0.15, 0.2) is 30.3 Å². The van der Waals surface area contributed by atoms with Gasteiger partial charge in [0, 0.05) is 0 Å². The third-order valence-corrected chi connectivity index (χ3v) is 5.53. The van der Waals surface area contributed by atoms with Gasteiger partial charge in [-0.3, -0.25) is 0 Å². The molecule has 0 N–H and O–H groups in total. The third kappa shape index (κ3) is 2.56. The van der Waals surface area contributed by atoms with Gasteiger partial charge in [-0.15, -0.1) is 0 Å². The molecule has 1 saturated heterocycles. The van der Waals surface area contributed by atoms with Crippen molar-refractivity contribution < 1.29 is 3.10 Å². The molecule has 0 aromatic heterocycles. The zero-order chi connectivity index (χ0) is 10.6. The molecule has 15 heavy (non-hydrogen) atoms. The second kappa shape index (κ2) is 5.34. The summed E-state index contributed by atoms with van der Waals surface area (Å²) in [5, 5.41) is 0. The van der Waals surface area contributed by atoms with Crippen molar-refractivity contribution in [2.24, 2.45) is 0 Å². The van der Waals surface area contributed by atoms with Gasteiger partial charge in [-0.25, -0.2) is 0 Å². The van der Waals surface area contributed by atoms with Crippen LogP contribution in [0.4, 0.5) is 0 Å². The molecule has 2 rings (SSSR count). The van der Waals surface area contributed by atoms with E-state index < -0.39 is 0 Å². The van der Waals surface area contributed by atoms with E-state index in [0.29, 0.717) is 0 Å². The van der Waals surface area contributed by atoms with Crippen LogP contribution in [0.1, 0.15) is 38.2 Å². The Morgan fingerprint density at radius 2 is 2.13 bits per heavy atom. The van der Waals surface area contributed by atoms with Crippen molar-refractivity contribution in [1.29, 1.82) is 0 Å². The SMILES string of the molecule is CCCC1(c2ccccc2)CCC[Te]O1. The van der Waals surface area contributed by atoms with Gasteiger partial charge in [0.15, 0.2) is 0 Å². The molecule has 1 unspecified atom stereocenters. The molecule has 1 heterocycles. The molecular weight excluding hydrogens is 300 g/mol. The fourth-order valence-corrected chi connectivity index (χ4v) is 4.64. The van der Waals surface area contributed by atoms with E-state index in [9.17, 15) is 0 Å². The van der Waals surface area contributed by atoms with Crippen molar-refractivity contribution in [2.75, 3.05) is 0 Å². The summed E-state index contributed by atoms with van der Waals surface area (Å²) in [6.45, 7) is 2.25. The molecule has 0 bridgehead atoms. The maximum atomic E-state index is 6.22.